The van der Waals surface area contributed by atoms with Crippen LogP contribution in [0.4, 0.5) is 10.1 Å². The van der Waals surface area contributed by atoms with Gasteiger partial charge in [-0.3, -0.25) is 15.6 Å². The molecule has 33 heavy (non-hydrogen) atoms. The normalized spacial score (nSPS) is 20.6. The molecule has 0 bridgehead atoms. The minimum absolute atomic E-state index is 0.0372. The van der Waals surface area contributed by atoms with E-state index >= 15 is 0 Å². The molecule has 4 rings (SSSR count). The number of hydrogen-bond donors (Lipinski definition) is 3. The first-order valence-corrected chi connectivity index (χ1v) is 12.9. The molecule has 0 saturated carbocycles. The Hall–Kier alpha value is -2.33. The molecule has 2 aromatic carbocycles. The quantitative estimate of drug-likeness (QED) is 0.484. The number of anilines is 1. The number of unbranched alkanes of at least 4 members (excludes halogenated alkanes) is 2. The van der Waals surface area contributed by atoms with Crippen LogP contribution in [0.5, 0.6) is 0 Å². The van der Waals surface area contributed by atoms with Gasteiger partial charge in [-0.1, -0.05) is 25.0 Å². The minimum atomic E-state index is -3.56. The van der Waals surface area contributed by atoms with Gasteiger partial charge in [-0.25, -0.2) is 17.1 Å². The van der Waals surface area contributed by atoms with Crippen LogP contribution in [-0.2, 0) is 21.2 Å². The zero-order valence-corrected chi connectivity index (χ0v) is 19.6. The first-order valence-electron chi connectivity index (χ1n) is 11.5. The van der Waals surface area contributed by atoms with Gasteiger partial charge in [-0.2, -0.15) is 0 Å². The van der Waals surface area contributed by atoms with Crippen molar-refractivity contribution >= 4 is 21.6 Å². The van der Waals surface area contributed by atoms with E-state index in [-0.39, 0.29) is 22.7 Å². The molecule has 0 aliphatic carbocycles. The van der Waals surface area contributed by atoms with Crippen LogP contribution in [0.15, 0.2) is 47.4 Å². The summed E-state index contributed by atoms with van der Waals surface area (Å²) in [4.78, 5) is 11.8. The zero-order chi connectivity index (χ0) is 23.4. The number of nitrogens with zero attached hydrogens (tertiary/aromatic N) is 1. The molecule has 2 aromatic rings. The van der Waals surface area contributed by atoms with E-state index in [9.17, 15) is 17.6 Å². The number of carbonyl (C=O) groups is 1. The summed E-state index contributed by atoms with van der Waals surface area (Å²) in [6.45, 7) is 0.463. The van der Waals surface area contributed by atoms with E-state index < -0.39 is 10.0 Å². The summed E-state index contributed by atoms with van der Waals surface area (Å²) in [5.74, 6) is -0.266. The molecule has 2 aliphatic rings. The maximum absolute atomic E-state index is 13.1. The van der Waals surface area contributed by atoms with Gasteiger partial charge in [0.05, 0.1) is 4.90 Å². The van der Waals surface area contributed by atoms with Crippen LogP contribution in [0.1, 0.15) is 55.7 Å². The summed E-state index contributed by atoms with van der Waals surface area (Å²) in [6, 6.07) is 12.0. The Labute approximate surface area is 194 Å². The van der Waals surface area contributed by atoms with Gasteiger partial charge in [0.25, 0.3) is 0 Å². The van der Waals surface area contributed by atoms with Gasteiger partial charge in [0, 0.05) is 37.8 Å². The van der Waals surface area contributed by atoms with Gasteiger partial charge in [-0.15, -0.1) is 0 Å². The lowest BCUT2D eigenvalue weighted by Crippen LogP contribution is -2.31. The maximum Gasteiger partial charge on any atom is 0.242 e. The fourth-order valence-electron chi connectivity index (χ4n) is 4.45. The number of sulfonamides is 1. The summed E-state index contributed by atoms with van der Waals surface area (Å²) in [5, 5.41) is 2.78. The highest BCUT2D eigenvalue weighted by Crippen LogP contribution is 2.27. The Kier molecular flexibility index (Phi) is 7.43. The second kappa shape index (κ2) is 10.3. The smallest absolute Gasteiger partial charge is 0.242 e. The number of rotatable bonds is 9. The van der Waals surface area contributed by atoms with Crippen molar-refractivity contribution < 1.29 is 17.6 Å². The van der Waals surface area contributed by atoms with E-state index in [1.807, 2.05) is 12.1 Å². The van der Waals surface area contributed by atoms with Crippen molar-refractivity contribution in [2.45, 2.75) is 61.9 Å². The summed E-state index contributed by atoms with van der Waals surface area (Å²) in [5.41, 5.74) is 9.23. The Bertz CT molecular complexity index is 1090. The van der Waals surface area contributed by atoms with E-state index in [1.165, 1.54) is 16.4 Å². The number of nitrogens with one attached hydrogen (secondary N) is 3. The van der Waals surface area contributed by atoms with Crippen molar-refractivity contribution in [3.63, 3.8) is 0 Å². The maximum atomic E-state index is 13.1. The van der Waals surface area contributed by atoms with E-state index in [1.54, 1.807) is 25.2 Å². The van der Waals surface area contributed by atoms with Crippen molar-refractivity contribution in [1.29, 1.82) is 0 Å². The number of hydrazine groups is 1. The molecule has 0 spiro atoms. The SMILES string of the molecule is CN(CCCCCC1CC(c2ccc(F)cc2)NN1)S(=O)(=O)c1ccc2c(c1)CCC(=O)N2. The van der Waals surface area contributed by atoms with E-state index in [4.69, 9.17) is 0 Å². The highest BCUT2D eigenvalue weighted by Gasteiger charge is 2.25. The number of aryl methyl sites for hydroxylation is 1. The summed E-state index contributed by atoms with van der Waals surface area (Å²) in [7, 11) is -1.94. The molecule has 2 atom stereocenters. The second-order valence-corrected chi connectivity index (χ2v) is 10.9. The molecule has 0 aromatic heterocycles. The molecular formula is C24H31FN4O3S. The van der Waals surface area contributed by atoms with Crippen molar-refractivity contribution in [1.82, 2.24) is 15.2 Å². The minimum Gasteiger partial charge on any atom is -0.326 e. The third-order valence-electron chi connectivity index (χ3n) is 6.46. The largest absolute Gasteiger partial charge is 0.326 e. The van der Waals surface area contributed by atoms with Gasteiger partial charge < -0.3 is 5.32 Å². The molecule has 2 heterocycles. The van der Waals surface area contributed by atoms with E-state index in [0.717, 1.165) is 43.2 Å². The zero-order valence-electron chi connectivity index (χ0n) is 18.8. The number of fused-ring (bicyclic) bond motifs is 1. The molecule has 1 fully saturated rings. The fraction of sp³-hybridized carbons (Fsp3) is 0.458. The molecule has 0 radical (unpaired) electrons. The molecule has 178 valence electrons. The van der Waals surface area contributed by atoms with Gasteiger partial charge in [0.2, 0.25) is 15.9 Å². The molecule has 1 amide bonds. The van der Waals surface area contributed by atoms with Gasteiger partial charge in [0.15, 0.2) is 0 Å². The first-order chi connectivity index (χ1) is 15.8. The monoisotopic (exact) mass is 474 g/mol. The highest BCUT2D eigenvalue weighted by atomic mass is 32.2. The van der Waals surface area contributed by atoms with Crippen LogP contribution in [0.3, 0.4) is 0 Å². The summed E-state index contributed by atoms with van der Waals surface area (Å²) >= 11 is 0. The van der Waals surface area contributed by atoms with Crippen molar-refractivity contribution in [3.8, 4) is 0 Å². The van der Waals surface area contributed by atoms with Crippen molar-refractivity contribution in [2.75, 3.05) is 18.9 Å². The van der Waals surface area contributed by atoms with Crippen LogP contribution < -0.4 is 16.2 Å². The number of hydrogen-bond acceptors (Lipinski definition) is 5. The highest BCUT2D eigenvalue weighted by molar-refractivity contribution is 7.89. The first kappa shape index (κ1) is 23.8. The summed E-state index contributed by atoms with van der Waals surface area (Å²) in [6.07, 6.45) is 5.61. The molecule has 9 heteroatoms. The molecular weight excluding hydrogens is 443 g/mol. The lowest BCUT2D eigenvalue weighted by Gasteiger charge is -2.21. The lowest BCUT2D eigenvalue weighted by atomic mass is 9.99. The van der Waals surface area contributed by atoms with Crippen LogP contribution >= 0.6 is 0 Å². The second-order valence-electron chi connectivity index (χ2n) is 8.87. The van der Waals surface area contributed by atoms with Gasteiger partial charge >= 0.3 is 0 Å². The molecule has 1 saturated heterocycles. The average molecular weight is 475 g/mol. The lowest BCUT2D eigenvalue weighted by molar-refractivity contribution is -0.116. The average Bonchev–Trinajstić information content (AvgIpc) is 3.27. The van der Waals surface area contributed by atoms with Crippen LogP contribution in [-0.4, -0.2) is 38.3 Å². The van der Waals surface area contributed by atoms with Crippen LogP contribution in [0, 0.1) is 5.82 Å². The molecule has 7 nitrogen and oxygen atoms in total. The Balaban J connectivity index is 1.20. The number of benzene rings is 2. The fourth-order valence-corrected chi connectivity index (χ4v) is 5.71. The third-order valence-corrected chi connectivity index (χ3v) is 8.31. The predicted octanol–water partition coefficient (Wildman–Crippen LogP) is 3.50. The molecule has 2 aliphatic heterocycles. The van der Waals surface area contributed by atoms with Gasteiger partial charge in [-0.05, 0) is 67.1 Å². The Morgan fingerprint density at radius 1 is 1.03 bits per heavy atom. The molecule has 3 N–H and O–H groups in total. The number of carbonyl (C=O) groups excluding carboxylic acids is 1. The van der Waals surface area contributed by atoms with Crippen molar-refractivity contribution in [2.24, 2.45) is 0 Å². The predicted molar refractivity (Wildman–Crippen MR) is 125 cm³/mol. The number of halogens is 1. The standard InChI is InChI=1S/C24H31FN4O3S/c1-29(33(31,32)21-11-12-22-18(15-21)8-13-24(30)26-22)14-4-2-3-5-20-16-23(28-27-20)17-6-9-19(25)10-7-17/h6-7,9-12,15,20,23,27-28H,2-5,8,13-14,16H2,1H3,(H,26,30). The van der Waals surface area contributed by atoms with E-state index in [2.05, 4.69) is 16.2 Å². The van der Waals surface area contributed by atoms with Crippen molar-refractivity contribution in [3.05, 3.63) is 59.4 Å². The van der Waals surface area contributed by atoms with Crippen LogP contribution in [0.25, 0.3) is 0 Å². The molecule has 2 unspecified atom stereocenters. The Morgan fingerprint density at radius 2 is 1.82 bits per heavy atom. The Morgan fingerprint density at radius 3 is 2.61 bits per heavy atom. The van der Waals surface area contributed by atoms with Gasteiger partial charge in [0.1, 0.15) is 5.82 Å². The summed E-state index contributed by atoms with van der Waals surface area (Å²) < 4.78 is 40.4. The third kappa shape index (κ3) is 5.78. The van der Waals surface area contributed by atoms with E-state index in [0.29, 0.717) is 31.1 Å². The topological polar surface area (TPSA) is 90.5 Å². The van der Waals surface area contributed by atoms with Crippen LogP contribution in [0.2, 0.25) is 0 Å². The number of amides is 1.